The number of carbonyl (C=O) groups excluding carboxylic acids is 1. The molecule has 0 aromatic heterocycles. The van der Waals surface area contributed by atoms with Gasteiger partial charge in [-0.1, -0.05) is 15.9 Å². The highest BCUT2D eigenvalue weighted by molar-refractivity contribution is 9.10. The summed E-state index contributed by atoms with van der Waals surface area (Å²) in [6, 6.07) is 5.34. The van der Waals surface area contributed by atoms with Gasteiger partial charge in [-0.25, -0.2) is 0 Å². The molecule has 0 bridgehead atoms. The minimum absolute atomic E-state index is 0.130. The maximum absolute atomic E-state index is 11.5. The van der Waals surface area contributed by atoms with Crippen LogP contribution in [-0.4, -0.2) is 18.2 Å². The van der Waals surface area contributed by atoms with E-state index < -0.39 is 0 Å². The van der Waals surface area contributed by atoms with Crippen LogP contribution in [0.15, 0.2) is 22.7 Å². The van der Waals surface area contributed by atoms with Crippen molar-refractivity contribution in [3.05, 3.63) is 28.2 Å². The minimum atomic E-state index is 0.130. The molecule has 0 radical (unpaired) electrons. The van der Waals surface area contributed by atoms with Gasteiger partial charge in [0.05, 0.1) is 11.6 Å². The van der Waals surface area contributed by atoms with Gasteiger partial charge in [0.1, 0.15) is 5.75 Å². The summed E-state index contributed by atoms with van der Waals surface area (Å²) in [7, 11) is 1.60. The lowest BCUT2D eigenvalue weighted by Gasteiger charge is -2.04. The van der Waals surface area contributed by atoms with Crippen LogP contribution in [0.4, 0.5) is 0 Å². The smallest absolute Gasteiger partial charge is 0.163 e. The first-order chi connectivity index (χ1) is 6.69. The molecule has 0 spiro atoms. The quantitative estimate of drug-likeness (QED) is 0.627. The number of rotatable bonds is 4. The Morgan fingerprint density at radius 3 is 2.71 bits per heavy atom. The highest BCUT2D eigenvalue weighted by Crippen LogP contribution is 2.25. The molecular formula is C10H10Br2O2. The number of hydrogen-bond acceptors (Lipinski definition) is 2. The largest absolute Gasteiger partial charge is 0.496 e. The summed E-state index contributed by atoms with van der Waals surface area (Å²) >= 11 is 6.57. The van der Waals surface area contributed by atoms with Crippen molar-refractivity contribution in [3.8, 4) is 5.75 Å². The molecule has 0 atom stereocenters. The zero-order valence-corrected chi connectivity index (χ0v) is 10.9. The van der Waals surface area contributed by atoms with E-state index in [-0.39, 0.29) is 5.78 Å². The van der Waals surface area contributed by atoms with Crippen LogP contribution >= 0.6 is 31.9 Å². The fourth-order valence-electron chi connectivity index (χ4n) is 1.07. The Hall–Kier alpha value is -0.350. The first-order valence-corrected chi connectivity index (χ1v) is 6.03. The number of ketones is 1. The van der Waals surface area contributed by atoms with Crippen molar-refractivity contribution >= 4 is 37.6 Å². The van der Waals surface area contributed by atoms with E-state index in [0.717, 1.165) is 10.2 Å². The zero-order chi connectivity index (χ0) is 10.6. The molecule has 1 aromatic rings. The van der Waals surface area contributed by atoms with Gasteiger partial charge in [0, 0.05) is 17.3 Å². The Bertz CT molecular complexity index is 337. The summed E-state index contributed by atoms with van der Waals surface area (Å²) in [6.07, 6.45) is 0.513. The molecule has 0 saturated heterocycles. The SMILES string of the molecule is COc1ccc(C(=O)CCBr)cc1Br. The lowest BCUT2D eigenvalue weighted by Crippen LogP contribution is -1.99. The van der Waals surface area contributed by atoms with Crippen LogP contribution in [0.3, 0.4) is 0 Å². The topological polar surface area (TPSA) is 26.3 Å². The number of ether oxygens (including phenoxy) is 1. The molecule has 1 rings (SSSR count). The number of benzene rings is 1. The molecule has 0 amide bonds. The van der Waals surface area contributed by atoms with Crippen LogP contribution in [0.1, 0.15) is 16.8 Å². The molecule has 1 aromatic carbocycles. The second-order valence-corrected chi connectivity index (χ2v) is 4.36. The van der Waals surface area contributed by atoms with E-state index in [1.807, 2.05) is 0 Å². The normalized spacial score (nSPS) is 9.93. The first kappa shape index (κ1) is 11.7. The van der Waals surface area contributed by atoms with Gasteiger partial charge in [-0.2, -0.15) is 0 Å². The Kier molecular flexibility index (Phi) is 4.62. The van der Waals surface area contributed by atoms with Crippen molar-refractivity contribution in [2.24, 2.45) is 0 Å². The van der Waals surface area contributed by atoms with E-state index in [9.17, 15) is 4.79 Å². The van der Waals surface area contributed by atoms with E-state index in [1.54, 1.807) is 25.3 Å². The number of methoxy groups -OCH3 is 1. The van der Waals surface area contributed by atoms with Crippen molar-refractivity contribution in [1.29, 1.82) is 0 Å². The fourth-order valence-corrected chi connectivity index (χ4v) is 1.97. The number of carbonyl (C=O) groups is 1. The zero-order valence-electron chi connectivity index (χ0n) is 7.72. The van der Waals surface area contributed by atoms with Gasteiger partial charge >= 0.3 is 0 Å². The fraction of sp³-hybridized carbons (Fsp3) is 0.300. The molecule has 0 aliphatic heterocycles. The summed E-state index contributed by atoms with van der Waals surface area (Å²) in [5, 5.41) is 0.690. The van der Waals surface area contributed by atoms with Crippen molar-refractivity contribution in [1.82, 2.24) is 0 Å². The molecule has 76 valence electrons. The second-order valence-electron chi connectivity index (χ2n) is 2.71. The summed E-state index contributed by atoms with van der Waals surface area (Å²) in [5.41, 5.74) is 0.706. The van der Waals surface area contributed by atoms with E-state index in [2.05, 4.69) is 31.9 Å². The highest BCUT2D eigenvalue weighted by atomic mass is 79.9. The van der Waals surface area contributed by atoms with E-state index in [0.29, 0.717) is 17.3 Å². The molecule has 0 N–H and O–H groups in total. The van der Waals surface area contributed by atoms with Crippen molar-refractivity contribution < 1.29 is 9.53 Å². The van der Waals surface area contributed by atoms with Crippen LogP contribution in [0, 0.1) is 0 Å². The molecule has 14 heavy (non-hydrogen) atoms. The third kappa shape index (κ3) is 2.82. The third-order valence-corrected chi connectivity index (χ3v) is 2.81. The molecule has 0 heterocycles. The number of alkyl halides is 1. The van der Waals surface area contributed by atoms with Crippen molar-refractivity contribution in [2.45, 2.75) is 6.42 Å². The molecule has 0 saturated carbocycles. The number of Topliss-reactive ketones (excluding diaryl/α,β-unsaturated/α-hetero) is 1. The standard InChI is InChI=1S/C10H10Br2O2/c1-14-10-3-2-7(6-8(10)12)9(13)4-5-11/h2-3,6H,4-5H2,1H3. The van der Waals surface area contributed by atoms with E-state index in [4.69, 9.17) is 4.74 Å². The monoisotopic (exact) mass is 320 g/mol. The number of hydrogen-bond donors (Lipinski definition) is 0. The average Bonchev–Trinajstić information content (AvgIpc) is 2.18. The average molecular weight is 322 g/mol. The Morgan fingerprint density at radius 1 is 1.50 bits per heavy atom. The maximum atomic E-state index is 11.5. The molecule has 0 unspecified atom stereocenters. The predicted octanol–water partition coefficient (Wildman–Crippen LogP) is 3.43. The summed E-state index contributed by atoms with van der Waals surface area (Å²) < 4.78 is 5.88. The predicted molar refractivity (Wildman–Crippen MR) is 63.4 cm³/mol. The Labute approximate surface area is 99.9 Å². The summed E-state index contributed by atoms with van der Waals surface area (Å²) in [4.78, 5) is 11.5. The van der Waals surface area contributed by atoms with Gasteiger partial charge in [0.15, 0.2) is 5.78 Å². The number of halogens is 2. The molecule has 2 nitrogen and oxygen atoms in total. The minimum Gasteiger partial charge on any atom is -0.496 e. The third-order valence-electron chi connectivity index (χ3n) is 1.80. The van der Waals surface area contributed by atoms with Crippen LogP contribution in [0.5, 0.6) is 5.75 Å². The van der Waals surface area contributed by atoms with Crippen LogP contribution < -0.4 is 4.74 Å². The summed E-state index contributed by atoms with van der Waals surface area (Å²) in [6.45, 7) is 0. The lowest BCUT2D eigenvalue weighted by molar-refractivity contribution is 0.0990. The van der Waals surface area contributed by atoms with Gasteiger partial charge in [0.25, 0.3) is 0 Å². The van der Waals surface area contributed by atoms with E-state index >= 15 is 0 Å². The Morgan fingerprint density at radius 2 is 2.21 bits per heavy atom. The van der Waals surface area contributed by atoms with Gasteiger partial charge in [-0.05, 0) is 34.1 Å². The molecular weight excluding hydrogens is 312 g/mol. The van der Waals surface area contributed by atoms with Gasteiger partial charge in [0.2, 0.25) is 0 Å². The first-order valence-electron chi connectivity index (χ1n) is 4.11. The summed E-state index contributed by atoms with van der Waals surface area (Å²) in [5.74, 6) is 0.866. The highest BCUT2D eigenvalue weighted by Gasteiger charge is 2.07. The van der Waals surface area contributed by atoms with Gasteiger partial charge in [-0.15, -0.1) is 0 Å². The van der Waals surface area contributed by atoms with Crippen LogP contribution in [-0.2, 0) is 0 Å². The Balaban J connectivity index is 2.91. The molecule has 0 aliphatic carbocycles. The molecule has 0 fully saturated rings. The van der Waals surface area contributed by atoms with Crippen molar-refractivity contribution in [2.75, 3.05) is 12.4 Å². The molecule has 4 heteroatoms. The van der Waals surface area contributed by atoms with E-state index in [1.165, 1.54) is 0 Å². The maximum Gasteiger partial charge on any atom is 0.163 e. The lowest BCUT2D eigenvalue weighted by atomic mass is 10.1. The second kappa shape index (κ2) is 5.51. The van der Waals surface area contributed by atoms with Crippen molar-refractivity contribution in [3.63, 3.8) is 0 Å². The van der Waals surface area contributed by atoms with Crippen LogP contribution in [0.25, 0.3) is 0 Å². The molecule has 0 aliphatic rings. The van der Waals surface area contributed by atoms with Crippen LogP contribution in [0.2, 0.25) is 0 Å². The van der Waals surface area contributed by atoms with Gasteiger partial charge < -0.3 is 4.74 Å². The van der Waals surface area contributed by atoms with Gasteiger partial charge in [-0.3, -0.25) is 4.79 Å².